The number of carbonyl (C=O) groups excluding carboxylic acids is 2. The summed E-state index contributed by atoms with van der Waals surface area (Å²) >= 11 is 0. The molecule has 2 saturated heterocycles. The van der Waals surface area contributed by atoms with Crippen molar-refractivity contribution < 1.29 is 34.1 Å². The maximum Gasteiger partial charge on any atom is 0.335 e. The first-order valence-corrected chi connectivity index (χ1v) is 13.1. The SMILES string of the molecule is O=C(O)c1ccc(CN2C[C@@H]3C[C@H]2C(=O)NC[C@H]2O[C@H](CCOc4ccccc4C(=O)N3)CC[C@@H]2O)cc1. The standard InChI is InChI=1S/C28H33N3O7/c32-23-10-9-20-11-12-37-24-4-2-1-3-21(24)26(33)30-19-13-22(27(34)29-14-25(23)38-20)31(16-19)15-17-5-7-18(8-6-17)28(35)36/h1-8,19-20,22-23,25,32H,9-16H2,(H,29,34)(H,30,33)(H,35,36)/t19-,20-,22-,23-,25+/m0/s1. The number of nitrogens with one attached hydrogen (secondary N) is 2. The molecule has 0 aliphatic carbocycles. The summed E-state index contributed by atoms with van der Waals surface area (Å²) in [5, 5.41) is 25.7. The zero-order valence-electron chi connectivity index (χ0n) is 21.0. The maximum absolute atomic E-state index is 13.4. The number of carboxylic acid groups (broad SMARTS) is 1. The number of nitrogens with zero attached hydrogens (tertiary/aromatic N) is 1. The van der Waals surface area contributed by atoms with Crippen LogP contribution in [-0.4, -0.2) is 83.0 Å². The van der Waals surface area contributed by atoms with Crippen molar-refractivity contribution in [3.05, 3.63) is 65.2 Å². The van der Waals surface area contributed by atoms with Crippen molar-refractivity contribution in [2.45, 2.75) is 62.6 Å². The molecule has 3 heterocycles. The van der Waals surface area contributed by atoms with Crippen molar-refractivity contribution in [1.29, 1.82) is 0 Å². The molecule has 0 spiro atoms. The van der Waals surface area contributed by atoms with E-state index in [-0.39, 0.29) is 36.1 Å². The van der Waals surface area contributed by atoms with Gasteiger partial charge in [0.2, 0.25) is 5.91 Å². The van der Waals surface area contributed by atoms with Gasteiger partial charge in [0.25, 0.3) is 5.91 Å². The van der Waals surface area contributed by atoms with E-state index in [2.05, 4.69) is 10.6 Å². The number of carboxylic acids is 1. The minimum absolute atomic E-state index is 0.115. The van der Waals surface area contributed by atoms with Gasteiger partial charge in [0.1, 0.15) is 11.9 Å². The van der Waals surface area contributed by atoms with Gasteiger partial charge in [0, 0.05) is 32.1 Å². The van der Waals surface area contributed by atoms with Gasteiger partial charge in [-0.1, -0.05) is 24.3 Å². The monoisotopic (exact) mass is 523 g/mol. The van der Waals surface area contributed by atoms with Gasteiger partial charge in [-0.3, -0.25) is 14.5 Å². The van der Waals surface area contributed by atoms with Gasteiger partial charge >= 0.3 is 5.97 Å². The van der Waals surface area contributed by atoms with Crippen LogP contribution in [0.1, 0.15) is 52.0 Å². The predicted octanol–water partition coefficient (Wildman–Crippen LogP) is 1.56. The summed E-state index contributed by atoms with van der Waals surface area (Å²) in [4.78, 5) is 39.8. The van der Waals surface area contributed by atoms with Gasteiger partial charge in [0.15, 0.2) is 0 Å². The average Bonchev–Trinajstić information content (AvgIpc) is 3.30. The molecule has 0 radical (unpaired) electrons. The third-order valence-corrected chi connectivity index (χ3v) is 7.52. The highest BCUT2D eigenvalue weighted by molar-refractivity contribution is 5.97. The van der Waals surface area contributed by atoms with Gasteiger partial charge in [0.05, 0.1) is 36.0 Å². The number of aliphatic hydroxyl groups excluding tert-OH is 1. The molecule has 5 rings (SSSR count). The molecule has 0 aromatic heterocycles. The maximum atomic E-state index is 13.4. The Bertz CT molecular complexity index is 1170. The van der Waals surface area contributed by atoms with E-state index in [9.17, 15) is 24.6 Å². The molecule has 3 aliphatic rings. The van der Waals surface area contributed by atoms with Crippen molar-refractivity contribution >= 4 is 17.8 Å². The van der Waals surface area contributed by atoms with E-state index >= 15 is 0 Å². The Balaban J connectivity index is 1.38. The third kappa shape index (κ3) is 5.98. The van der Waals surface area contributed by atoms with E-state index in [1.807, 2.05) is 11.0 Å². The zero-order valence-corrected chi connectivity index (χ0v) is 21.0. The van der Waals surface area contributed by atoms with E-state index < -0.39 is 24.2 Å². The molecule has 0 unspecified atom stereocenters. The largest absolute Gasteiger partial charge is 0.493 e. The molecule has 202 valence electrons. The van der Waals surface area contributed by atoms with E-state index in [1.54, 1.807) is 42.5 Å². The Labute approximate surface area is 220 Å². The smallest absolute Gasteiger partial charge is 0.335 e. The van der Waals surface area contributed by atoms with Crippen LogP contribution < -0.4 is 15.4 Å². The summed E-state index contributed by atoms with van der Waals surface area (Å²) in [6, 6.07) is 12.9. The molecule has 2 amide bonds. The molecule has 2 aromatic carbocycles. The predicted molar refractivity (Wildman–Crippen MR) is 137 cm³/mol. The number of benzene rings is 2. The van der Waals surface area contributed by atoms with Crippen LogP contribution >= 0.6 is 0 Å². The lowest BCUT2D eigenvalue weighted by atomic mass is 9.99. The Kier molecular flexibility index (Phi) is 7.92. The van der Waals surface area contributed by atoms with E-state index in [4.69, 9.17) is 9.47 Å². The van der Waals surface area contributed by atoms with Gasteiger partial charge in [-0.2, -0.15) is 0 Å². The molecule has 3 aliphatic heterocycles. The molecule has 4 N–H and O–H groups in total. The second-order valence-electron chi connectivity index (χ2n) is 10.2. The number of rotatable bonds is 3. The number of aliphatic hydroxyl groups is 1. The van der Waals surface area contributed by atoms with Crippen LogP contribution in [0.3, 0.4) is 0 Å². The molecular formula is C28H33N3O7. The van der Waals surface area contributed by atoms with E-state index in [1.165, 1.54) is 0 Å². The van der Waals surface area contributed by atoms with Crippen LogP contribution in [0.4, 0.5) is 0 Å². The van der Waals surface area contributed by atoms with Crippen LogP contribution in [-0.2, 0) is 16.1 Å². The first kappa shape index (κ1) is 26.1. The first-order valence-electron chi connectivity index (χ1n) is 13.1. The molecule has 4 bridgehead atoms. The van der Waals surface area contributed by atoms with Crippen LogP contribution in [0.5, 0.6) is 5.75 Å². The fourth-order valence-electron chi connectivity index (χ4n) is 5.45. The van der Waals surface area contributed by atoms with E-state index in [0.717, 1.165) is 5.56 Å². The quantitative estimate of drug-likeness (QED) is 0.476. The number of carbonyl (C=O) groups is 3. The van der Waals surface area contributed by atoms with Crippen molar-refractivity contribution in [2.24, 2.45) is 0 Å². The fraction of sp³-hybridized carbons (Fsp3) is 0.464. The molecule has 10 heteroatoms. The number of likely N-dealkylation sites (tertiary alicyclic amines) is 1. The number of aromatic carboxylic acids is 1. The Morgan fingerprint density at radius 2 is 1.84 bits per heavy atom. The molecule has 0 saturated carbocycles. The van der Waals surface area contributed by atoms with Crippen LogP contribution in [0, 0.1) is 0 Å². The minimum Gasteiger partial charge on any atom is -0.493 e. The van der Waals surface area contributed by atoms with Gasteiger partial charge in [-0.05, 0) is 49.1 Å². The zero-order chi connectivity index (χ0) is 26.6. The lowest BCUT2D eigenvalue weighted by Crippen LogP contribution is -2.50. The molecule has 10 nitrogen and oxygen atoms in total. The third-order valence-electron chi connectivity index (χ3n) is 7.52. The number of amides is 2. The van der Waals surface area contributed by atoms with Crippen LogP contribution in [0.2, 0.25) is 0 Å². The van der Waals surface area contributed by atoms with Crippen LogP contribution in [0.25, 0.3) is 0 Å². The Morgan fingerprint density at radius 1 is 1.05 bits per heavy atom. The Hall–Kier alpha value is -3.47. The van der Waals surface area contributed by atoms with E-state index in [0.29, 0.717) is 56.7 Å². The molecule has 2 fully saturated rings. The fourth-order valence-corrected chi connectivity index (χ4v) is 5.45. The number of ether oxygens (including phenoxy) is 2. The minimum atomic E-state index is -1.000. The van der Waals surface area contributed by atoms with Gasteiger partial charge < -0.3 is 30.3 Å². The highest BCUT2D eigenvalue weighted by Gasteiger charge is 2.39. The summed E-state index contributed by atoms with van der Waals surface area (Å²) in [7, 11) is 0. The van der Waals surface area contributed by atoms with Crippen molar-refractivity contribution in [3.8, 4) is 5.75 Å². The number of hydrogen-bond acceptors (Lipinski definition) is 7. The number of para-hydroxylation sites is 1. The van der Waals surface area contributed by atoms with Crippen molar-refractivity contribution in [2.75, 3.05) is 19.7 Å². The first-order chi connectivity index (χ1) is 18.4. The Morgan fingerprint density at radius 3 is 2.63 bits per heavy atom. The highest BCUT2D eigenvalue weighted by Crippen LogP contribution is 2.26. The summed E-state index contributed by atoms with van der Waals surface area (Å²) in [6.45, 7) is 1.41. The summed E-state index contributed by atoms with van der Waals surface area (Å²) in [5.41, 5.74) is 1.48. The summed E-state index contributed by atoms with van der Waals surface area (Å²) in [6.07, 6.45) is 0.995. The second kappa shape index (κ2) is 11.5. The normalized spacial score (nSPS) is 28.5. The van der Waals surface area contributed by atoms with Gasteiger partial charge in [-0.15, -0.1) is 0 Å². The lowest BCUT2D eigenvalue weighted by molar-refractivity contribution is -0.133. The highest BCUT2D eigenvalue weighted by atomic mass is 16.5. The number of hydrogen-bond donors (Lipinski definition) is 4. The second-order valence-corrected chi connectivity index (χ2v) is 10.2. The lowest BCUT2D eigenvalue weighted by Gasteiger charge is -2.34. The molecule has 5 atom stereocenters. The summed E-state index contributed by atoms with van der Waals surface area (Å²) < 4.78 is 12.1. The molecule has 2 aromatic rings. The van der Waals surface area contributed by atoms with Crippen molar-refractivity contribution in [1.82, 2.24) is 15.5 Å². The number of fused-ring (bicyclic) bond motifs is 5. The van der Waals surface area contributed by atoms with Crippen LogP contribution in [0.15, 0.2) is 48.5 Å². The van der Waals surface area contributed by atoms with Gasteiger partial charge in [-0.25, -0.2) is 4.79 Å². The molecular weight excluding hydrogens is 490 g/mol. The topological polar surface area (TPSA) is 137 Å². The molecule has 38 heavy (non-hydrogen) atoms. The average molecular weight is 524 g/mol. The summed E-state index contributed by atoms with van der Waals surface area (Å²) in [5.74, 6) is -0.966. The van der Waals surface area contributed by atoms with Crippen molar-refractivity contribution in [3.63, 3.8) is 0 Å².